The lowest BCUT2D eigenvalue weighted by Gasteiger charge is -2.36. The summed E-state index contributed by atoms with van der Waals surface area (Å²) < 4.78 is 0.781. The zero-order valence-corrected chi connectivity index (χ0v) is 19.0. The fourth-order valence-corrected chi connectivity index (χ4v) is 5.08. The average Bonchev–Trinajstić information content (AvgIpc) is 2.82. The van der Waals surface area contributed by atoms with E-state index in [0.29, 0.717) is 12.0 Å². The van der Waals surface area contributed by atoms with E-state index in [2.05, 4.69) is 35.1 Å². The number of anilines is 2. The van der Waals surface area contributed by atoms with Gasteiger partial charge in [-0.15, -0.1) is 0 Å². The molecule has 0 radical (unpaired) electrons. The van der Waals surface area contributed by atoms with Crippen LogP contribution < -0.4 is 10.2 Å². The highest BCUT2D eigenvalue weighted by Gasteiger charge is 2.42. The van der Waals surface area contributed by atoms with Crippen molar-refractivity contribution in [2.75, 3.05) is 10.2 Å². The molecule has 0 bridgehead atoms. The van der Waals surface area contributed by atoms with Crippen LogP contribution in [-0.4, -0.2) is 17.7 Å². The van der Waals surface area contributed by atoms with Gasteiger partial charge in [-0.1, -0.05) is 72.2 Å². The molecule has 0 spiro atoms. The topological polar surface area (TPSA) is 49.4 Å². The van der Waals surface area contributed by atoms with Gasteiger partial charge in [-0.2, -0.15) is 0 Å². The Labute approximate surface area is 185 Å². The minimum atomic E-state index is -0.516. The zero-order valence-electron chi connectivity index (χ0n) is 17.4. The van der Waals surface area contributed by atoms with E-state index >= 15 is 0 Å². The number of carbonyl (C=O) groups excluding carboxylic acids is 2. The van der Waals surface area contributed by atoms with Gasteiger partial charge in [0.05, 0.1) is 17.4 Å². The molecular weight excluding hydrogens is 440 g/mol. The van der Waals surface area contributed by atoms with Crippen LogP contribution in [0.15, 0.2) is 70.3 Å². The third-order valence-corrected chi connectivity index (χ3v) is 6.27. The molecule has 0 aromatic heterocycles. The first kappa shape index (κ1) is 20.6. The molecule has 1 aliphatic heterocycles. The van der Waals surface area contributed by atoms with Crippen LogP contribution in [0.25, 0.3) is 6.08 Å². The molecule has 4 rings (SSSR count). The van der Waals surface area contributed by atoms with Gasteiger partial charge in [0.2, 0.25) is 5.91 Å². The summed E-state index contributed by atoms with van der Waals surface area (Å²) in [6.45, 7) is 5.77. The van der Waals surface area contributed by atoms with Crippen molar-refractivity contribution < 1.29 is 9.59 Å². The van der Waals surface area contributed by atoms with Crippen molar-refractivity contribution in [1.29, 1.82) is 0 Å². The van der Waals surface area contributed by atoms with Gasteiger partial charge >= 0.3 is 0 Å². The van der Waals surface area contributed by atoms with Crippen LogP contribution in [0, 0.1) is 5.41 Å². The number of nitrogens with one attached hydrogen (secondary N) is 1. The Balaban J connectivity index is 1.95. The summed E-state index contributed by atoms with van der Waals surface area (Å²) in [5, 5.41) is 3.50. The molecule has 1 unspecified atom stereocenters. The number of hydrogen-bond donors (Lipinski definition) is 1. The first-order valence-corrected chi connectivity index (χ1v) is 10.9. The van der Waals surface area contributed by atoms with Gasteiger partial charge in [-0.3, -0.25) is 14.5 Å². The number of nitrogens with zero attached hydrogens (tertiary/aromatic N) is 1. The number of hydrogen-bond acceptors (Lipinski definition) is 3. The van der Waals surface area contributed by atoms with Crippen molar-refractivity contribution in [3.05, 3.63) is 75.9 Å². The van der Waals surface area contributed by atoms with Crippen molar-refractivity contribution in [1.82, 2.24) is 0 Å². The van der Waals surface area contributed by atoms with Crippen molar-refractivity contribution in [3.63, 3.8) is 0 Å². The minimum absolute atomic E-state index is 0.0798. The minimum Gasteiger partial charge on any atom is -0.357 e. The predicted octanol–water partition coefficient (Wildman–Crippen LogP) is 5.91. The first-order chi connectivity index (χ1) is 14.3. The smallest absolute Gasteiger partial charge is 0.224 e. The number of benzene rings is 2. The van der Waals surface area contributed by atoms with Crippen LogP contribution in [-0.2, 0) is 9.59 Å². The molecule has 1 aliphatic carbocycles. The summed E-state index contributed by atoms with van der Waals surface area (Å²) >= 11 is 3.74. The summed E-state index contributed by atoms with van der Waals surface area (Å²) in [6.07, 6.45) is 3.19. The highest BCUT2D eigenvalue weighted by atomic mass is 79.9. The van der Waals surface area contributed by atoms with Crippen molar-refractivity contribution >= 4 is 45.1 Å². The standard InChI is InChI=1S/C25H25BrN2O2/c1-16(29)28-21-12-8-7-11-19(21)27-20-14-25(2,3)15-22(30)23(20)24(28)18(26)13-17-9-5-4-6-10-17/h4-13,24,27H,14-15H2,1-3H3/b18-13-. The molecular formula is C25H25BrN2O2. The molecule has 0 saturated heterocycles. The zero-order chi connectivity index (χ0) is 21.5. The fourth-order valence-electron chi connectivity index (χ4n) is 4.38. The lowest BCUT2D eigenvalue weighted by atomic mass is 9.74. The van der Waals surface area contributed by atoms with E-state index in [1.165, 1.54) is 0 Å². The molecule has 5 heteroatoms. The van der Waals surface area contributed by atoms with Gasteiger partial charge in [0.25, 0.3) is 0 Å². The number of allylic oxidation sites excluding steroid dienone is 1. The van der Waals surface area contributed by atoms with Crippen LogP contribution in [0.1, 0.15) is 39.2 Å². The second-order valence-electron chi connectivity index (χ2n) is 8.71. The summed E-state index contributed by atoms with van der Waals surface area (Å²) in [4.78, 5) is 28.0. The number of Topliss-reactive ketones (excluding diaryl/α,β-unsaturated/α-hetero) is 1. The molecule has 154 valence electrons. The number of para-hydroxylation sites is 2. The van der Waals surface area contributed by atoms with E-state index in [1.54, 1.807) is 11.8 Å². The third-order valence-electron chi connectivity index (χ3n) is 5.61. The molecule has 1 atom stereocenters. The SMILES string of the molecule is CC(=O)N1c2ccccc2NC2=C(C(=O)CC(C)(C)C2)C1/C(Br)=C/c1ccccc1. The molecule has 2 aromatic rings. The van der Waals surface area contributed by atoms with Crippen LogP contribution in [0.2, 0.25) is 0 Å². The Kier molecular flexibility index (Phi) is 5.41. The van der Waals surface area contributed by atoms with Crippen molar-refractivity contribution in [2.24, 2.45) is 5.41 Å². The molecule has 2 aliphatic rings. The van der Waals surface area contributed by atoms with E-state index < -0.39 is 6.04 Å². The molecule has 2 aromatic carbocycles. The van der Waals surface area contributed by atoms with Crippen molar-refractivity contribution in [2.45, 2.75) is 39.7 Å². The van der Waals surface area contributed by atoms with Gasteiger partial charge in [0.1, 0.15) is 0 Å². The Morgan fingerprint density at radius 2 is 1.77 bits per heavy atom. The van der Waals surface area contributed by atoms with E-state index in [1.807, 2.05) is 60.7 Å². The molecule has 4 nitrogen and oxygen atoms in total. The second-order valence-corrected chi connectivity index (χ2v) is 9.62. The van der Waals surface area contributed by atoms with Gasteiger partial charge in [-0.25, -0.2) is 0 Å². The van der Waals surface area contributed by atoms with E-state index in [-0.39, 0.29) is 17.1 Å². The quantitative estimate of drug-likeness (QED) is 0.600. The molecule has 1 amide bonds. The Morgan fingerprint density at radius 1 is 1.10 bits per heavy atom. The molecule has 0 fully saturated rings. The molecule has 1 N–H and O–H groups in total. The lowest BCUT2D eigenvalue weighted by molar-refractivity contribution is -0.118. The highest BCUT2D eigenvalue weighted by molar-refractivity contribution is 9.11. The van der Waals surface area contributed by atoms with E-state index in [4.69, 9.17) is 0 Å². The van der Waals surface area contributed by atoms with Gasteiger partial charge in [0, 0.05) is 29.1 Å². The molecule has 30 heavy (non-hydrogen) atoms. The summed E-state index contributed by atoms with van der Waals surface area (Å²) in [6, 6.07) is 17.1. The van der Waals surface area contributed by atoms with Crippen molar-refractivity contribution in [3.8, 4) is 0 Å². The molecule has 1 heterocycles. The number of halogens is 1. The Hall–Kier alpha value is -2.66. The molecule has 0 saturated carbocycles. The highest BCUT2D eigenvalue weighted by Crippen LogP contribution is 2.46. The maximum Gasteiger partial charge on any atom is 0.224 e. The lowest BCUT2D eigenvalue weighted by Crippen LogP contribution is -2.44. The largest absolute Gasteiger partial charge is 0.357 e. The van der Waals surface area contributed by atoms with Crippen LogP contribution in [0.5, 0.6) is 0 Å². The van der Waals surface area contributed by atoms with E-state index in [9.17, 15) is 9.59 Å². The average molecular weight is 465 g/mol. The van der Waals surface area contributed by atoms with Gasteiger partial charge in [-0.05, 0) is 35.6 Å². The number of rotatable bonds is 2. The fraction of sp³-hybridized carbons (Fsp3) is 0.280. The number of ketones is 1. The van der Waals surface area contributed by atoms with Crippen LogP contribution >= 0.6 is 15.9 Å². The van der Waals surface area contributed by atoms with E-state index in [0.717, 1.165) is 33.5 Å². The number of carbonyl (C=O) groups is 2. The second kappa shape index (κ2) is 7.88. The maximum atomic E-state index is 13.4. The summed E-state index contributed by atoms with van der Waals surface area (Å²) in [7, 11) is 0. The summed E-state index contributed by atoms with van der Waals surface area (Å²) in [5.74, 6) is -0.0322. The van der Waals surface area contributed by atoms with Gasteiger partial charge < -0.3 is 5.32 Å². The summed E-state index contributed by atoms with van der Waals surface area (Å²) in [5.41, 5.74) is 4.05. The van der Waals surface area contributed by atoms with Gasteiger partial charge in [0.15, 0.2) is 5.78 Å². The number of fused-ring (bicyclic) bond motifs is 1. The Bertz CT molecular complexity index is 1070. The Morgan fingerprint density at radius 3 is 2.47 bits per heavy atom. The number of amides is 1. The first-order valence-electron chi connectivity index (χ1n) is 10.1. The monoisotopic (exact) mass is 464 g/mol. The van der Waals surface area contributed by atoms with Crippen LogP contribution in [0.4, 0.5) is 11.4 Å². The third kappa shape index (κ3) is 3.86. The van der Waals surface area contributed by atoms with Crippen LogP contribution in [0.3, 0.4) is 0 Å². The maximum absolute atomic E-state index is 13.4. The normalized spacial score (nSPS) is 20.8. The predicted molar refractivity (Wildman–Crippen MR) is 125 cm³/mol.